The van der Waals surface area contributed by atoms with Gasteiger partial charge in [-0.1, -0.05) is 0 Å². The third-order valence-electron chi connectivity index (χ3n) is 2.63. The van der Waals surface area contributed by atoms with E-state index in [0.29, 0.717) is 10.2 Å². The van der Waals surface area contributed by atoms with Crippen molar-refractivity contribution in [2.75, 3.05) is 5.73 Å². The van der Waals surface area contributed by atoms with Crippen LogP contribution >= 0.6 is 15.9 Å². The topological polar surface area (TPSA) is 101 Å². The summed E-state index contributed by atoms with van der Waals surface area (Å²) >= 11 is 3.21. The zero-order valence-corrected chi connectivity index (χ0v) is 12.5. The van der Waals surface area contributed by atoms with Gasteiger partial charge in [-0.3, -0.25) is 5.10 Å². The van der Waals surface area contributed by atoms with Crippen molar-refractivity contribution in [2.24, 2.45) is 0 Å². The lowest BCUT2D eigenvalue weighted by Crippen LogP contribution is -2.23. The van der Waals surface area contributed by atoms with Crippen LogP contribution in [0, 0.1) is 6.92 Å². The number of hydrogen-bond acceptors (Lipinski definition) is 4. The molecule has 0 aliphatic rings. The average Bonchev–Trinajstić information content (AvgIpc) is 2.75. The summed E-state index contributed by atoms with van der Waals surface area (Å²) in [5.74, 6) is 0. The second-order valence-electron chi connectivity index (χ2n) is 4.03. The first-order valence-electron chi connectivity index (χ1n) is 5.43. The van der Waals surface area contributed by atoms with Crippen molar-refractivity contribution < 1.29 is 8.42 Å². The maximum Gasteiger partial charge on any atom is 0.242 e. The number of hydrogen-bond donors (Lipinski definition) is 3. The summed E-state index contributed by atoms with van der Waals surface area (Å²) in [7, 11) is -3.62. The molecular formula is C11H13BrN4O2S. The highest BCUT2D eigenvalue weighted by molar-refractivity contribution is 9.10. The molecule has 1 aromatic heterocycles. The number of nitrogens with zero attached hydrogens (tertiary/aromatic N) is 1. The number of anilines is 1. The van der Waals surface area contributed by atoms with Crippen LogP contribution in [0.15, 0.2) is 33.8 Å². The molecule has 102 valence electrons. The molecule has 1 heterocycles. The minimum absolute atomic E-state index is 0.119. The molecule has 2 aromatic rings. The van der Waals surface area contributed by atoms with Crippen LogP contribution < -0.4 is 10.5 Å². The van der Waals surface area contributed by atoms with Crippen LogP contribution in [0.5, 0.6) is 0 Å². The van der Waals surface area contributed by atoms with Gasteiger partial charge in [0.25, 0.3) is 0 Å². The molecule has 2 rings (SSSR count). The van der Waals surface area contributed by atoms with Crippen molar-refractivity contribution in [1.29, 1.82) is 0 Å². The molecule has 0 amide bonds. The van der Waals surface area contributed by atoms with E-state index in [1.54, 1.807) is 18.3 Å². The zero-order valence-electron chi connectivity index (χ0n) is 10.1. The molecule has 1 aromatic carbocycles. The molecule has 0 unspecified atom stereocenters. The van der Waals surface area contributed by atoms with E-state index < -0.39 is 10.0 Å². The summed E-state index contributed by atoms with van der Waals surface area (Å²) < 4.78 is 27.4. The third-order valence-corrected chi connectivity index (χ3v) is 5.03. The van der Waals surface area contributed by atoms with Gasteiger partial charge in [-0.2, -0.15) is 5.10 Å². The molecule has 0 spiro atoms. The van der Waals surface area contributed by atoms with Crippen molar-refractivity contribution in [1.82, 2.24) is 14.9 Å². The van der Waals surface area contributed by atoms with Gasteiger partial charge in [0, 0.05) is 28.0 Å². The molecule has 0 fully saturated rings. The zero-order chi connectivity index (χ0) is 14.0. The minimum atomic E-state index is -3.62. The van der Waals surface area contributed by atoms with Crippen molar-refractivity contribution in [3.8, 4) is 0 Å². The van der Waals surface area contributed by atoms with Gasteiger partial charge in [-0.25, -0.2) is 13.1 Å². The van der Waals surface area contributed by atoms with Crippen molar-refractivity contribution >= 4 is 31.6 Å². The van der Waals surface area contributed by atoms with Gasteiger partial charge in [0.1, 0.15) is 0 Å². The first-order chi connectivity index (χ1) is 8.90. The molecular weight excluding hydrogens is 332 g/mol. The fourth-order valence-corrected chi connectivity index (χ4v) is 3.53. The number of sulfonamides is 1. The predicted molar refractivity (Wildman–Crippen MR) is 75.9 cm³/mol. The SMILES string of the molecule is Cc1[nH]ncc1CNS(=O)(=O)c1cc(N)ccc1Br. The lowest BCUT2D eigenvalue weighted by atomic mass is 10.3. The Labute approximate surface area is 119 Å². The van der Waals surface area contributed by atoms with Gasteiger partial charge in [0.15, 0.2) is 0 Å². The number of halogens is 1. The number of H-pyrrole nitrogens is 1. The van der Waals surface area contributed by atoms with Crippen molar-refractivity contribution in [3.05, 3.63) is 40.1 Å². The molecule has 0 saturated carbocycles. The standard InChI is InChI=1S/C11H13BrN4O2S/c1-7-8(5-14-16-7)6-15-19(17,18)11-4-9(13)2-3-10(11)12/h2-5,15H,6,13H2,1H3,(H,14,16). The van der Waals surface area contributed by atoms with Crippen LogP contribution in [0.3, 0.4) is 0 Å². The highest BCUT2D eigenvalue weighted by Gasteiger charge is 2.18. The molecule has 19 heavy (non-hydrogen) atoms. The van der Waals surface area contributed by atoms with Gasteiger partial charge in [-0.05, 0) is 41.1 Å². The van der Waals surface area contributed by atoms with E-state index in [1.165, 1.54) is 6.07 Å². The van der Waals surface area contributed by atoms with Crippen LogP contribution in [-0.4, -0.2) is 18.6 Å². The molecule has 6 nitrogen and oxygen atoms in total. The Balaban J connectivity index is 2.23. The minimum Gasteiger partial charge on any atom is -0.399 e. The largest absolute Gasteiger partial charge is 0.399 e. The van der Waals surface area contributed by atoms with Crippen LogP contribution in [0.25, 0.3) is 0 Å². The summed E-state index contributed by atoms with van der Waals surface area (Å²) in [6.07, 6.45) is 1.59. The van der Waals surface area contributed by atoms with Crippen molar-refractivity contribution in [2.45, 2.75) is 18.4 Å². The molecule has 0 saturated heterocycles. The molecule has 0 aliphatic carbocycles. The Bertz CT molecular complexity index is 696. The van der Waals surface area contributed by atoms with E-state index in [1.807, 2.05) is 6.92 Å². The number of nitrogens with two attached hydrogens (primary N) is 1. The Morgan fingerprint density at radius 2 is 2.21 bits per heavy atom. The van der Waals surface area contributed by atoms with E-state index in [4.69, 9.17) is 5.73 Å². The van der Waals surface area contributed by atoms with E-state index in [2.05, 4.69) is 30.8 Å². The lowest BCUT2D eigenvalue weighted by molar-refractivity contribution is 0.581. The normalized spacial score (nSPS) is 11.7. The van der Waals surface area contributed by atoms with Gasteiger partial charge >= 0.3 is 0 Å². The molecule has 4 N–H and O–H groups in total. The number of rotatable bonds is 4. The Morgan fingerprint density at radius 3 is 2.84 bits per heavy atom. The maximum atomic E-state index is 12.2. The molecule has 0 aliphatic heterocycles. The summed E-state index contributed by atoms with van der Waals surface area (Å²) in [5, 5.41) is 6.59. The van der Waals surface area contributed by atoms with E-state index in [-0.39, 0.29) is 11.4 Å². The Hall–Kier alpha value is -1.38. The smallest absolute Gasteiger partial charge is 0.242 e. The average molecular weight is 345 g/mol. The lowest BCUT2D eigenvalue weighted by Gasteiger charge is -2.08. The second kappa shape index (κ2) is 5.32. The van der Waals surface area contributed by atoms with Gasteiger partial charge in [0.05, 0.1) is 11.1 Å². The van der Waals surface area contributed by atoms with Crippen LogP contribution in [-0.2, 0) is 16.6 Å². The Kier molecular flexibility index (Phi) is 3.93. The quantitative estimate of drug-likeness (QED) is 0.732. The number of nitrogen functional groups attached to an aromatic ring is 1. The fourth-order valence-electron chi connectivity index (χ4n) is 1.53. The molecule has 0 bridgehead atoms. The molecule has 8 heteroatoms. The summed E-state index contributed by atoms with van der Waals surface area (Å²) in [6, 6.07) is 4.64. The van der Waals surface area contributed by atoms with Crippen LogP contribution in [0.4, 0.5) is 5.69 Å². The number of nitrogens with one attached hydrogen (secondary N) is 2. The summed E-state index contributed by atoms with van der Waals surface area (Å²) in [6.45, 7) is 2.00. The highest BCUT2D eigenvalue weighted by Crippen LogP contribution is 2.24. The first kappa shape index (κ1) is 14.0. The first-order valence-corrected chi connectivity index (χ1v) is 7.71. The van der Waals surface area contributed by atoms with E-state index in [0.717, 1.165) is 11.3 Å². The van der Waals surface area contributed by atoms with Gasteiger partial charge in [0.2, 0.25) is 10.0 Å². The number of benzene rings is 1. The fraction of sp³-hybridized carbons (Fsp3) is 0.182. The van der Waals surface area contributed by atoms with Gasteiger partial charge in [-0.15, -0.1) is 0 Å². The number of aromatic amines is 1. The number of aromatic nitrogens is 2. The van der Waals surface area contributed by atoms with Crippen LogP contribution in [0.1, 0.15) is 11.3 Å². The summed E-state index contributed by atoms with van der Waals surface area (Å²) in [5.41, 5.74) is 7.63. The predicted octanol–water partition coefficient (Wildman–Crippen LogP) is 1.54. The Morgan fingerprint density at radius 1 is 1.47 bits per heavy atom. The number of aryl methyl sites for hydroxylation is 1. The van der Waals surface area contributed by atoms with Gasteiger partial charge < -0.3 is 5.73 Å². The second-order valence-corrected chi connectivity index (χ2v) is 6.62. The molecule has 0 radical (unpaired) electrons. The third kappa shape index (κ3) is 3.14. The molecule has 0 atom stereocenters. The van der Waals surface area contributed by atoms with E-state index >= 15 is 0 Å². The van der Waals surface area contributed by atoms with E-state index in [9.17, 15) is 8.42 Å². The highest BCUT2D eigenvalue weighted by atomic mass is 79.9. The monoisotopic (exact) mass is 344 g/mol. The summed E-state index contributed by atoms with van der Waals surface area (Å²) in [4.78, 5) is 0.119. The van der Waals surface area contributed by atoms with Crippen molar-refractivity contribution in [3.63, 3.8) is 0 Å². The maximum absolute atomic E-state index is 12.2. The van der Waals surface area contributed by atoms with Crippen LogP contribution in [0.2, 0.25) is 0 Å².